The predicted octanol–water partition coefficient (Wildman–Crippen LogP) is 1.88. The number of halogens is 1. The number of nitrogens with one attached hydrogen (secondary N) is 1. The van der Waals surface area contributed by atoms with Crippen LogP contribution in [-0.2, 0) is 16.0 Å². The number of methoxy groups -OCH3 is 2. The van der Waals surface area contributed by atoms with Crippen LogP contribution in [0, 0.1) is 0 Å². The molecule has 0 radical (unpaired) electrons. The van der Waals surface area contributed by atoms with E-state index in [0.717, 1.165) is 5.56 Å². The van der Waals surface area contributed by atoms with Crippen LogP contribution in [0.25, 0.3) is 0 Å². The number of rotatable bonds is 7. The molecule has 7 nitrogen and oxygen atoms in total. The number of guanidine groups is 1. The summed E-state index contributed by atoms with van der Waals surface area (Å²) in [4.78, 5) is 4.32. The zero-order valence-corrected chi connectivity index (χ0v) is 16.7. The normalized spacial score (nSPS) is 16.4. The van der Waals surface area contributed by atoms with Gasteiger partial charge in [0.25, 0.3) is 0 Å². The molecule has 0 spiro atoms. The van der Waals surface area contributed by atoms with E-state index >= 15 is 0 Å². The van der Waals surface area contributed by atoms with Crippen molar-refractivity contribution in [1.29, 1.82) is 0 Å². The second-order valence-corrected chi connectivity index (χ2v) is 5.40. The van der Waals surface area contributed by atoms with E-state index in [1.165, 1.54) is 0 Å². The Bertz CT molecular complexity index is 548. The number of aliphatic imine (C=N–C) groups is 1. The maximum absolute atomic E-state index is 5.88. The zero-order chi connectivity index (χ0) is 16.7. The van der Waals surface area contributed by atoms with Gasteiger partial charge in [-0.1, -0.05) is 6.07 Å². The summed E-state index contributed by atoms with van der Waals surface area (Å²) in [6.45, 7) is 4.30. The van der Waals surface area contributed by atoms with Gasteiger partial charge in [0.15, 0.2) is 23.2 Å². The molecule has 0 atom stereocenters. The quantitative estimate of drug-likeness (QED) is 0.374. The van der Waals surface area contributed by atoms with Gasteiger partial charge in [-0.25, -0.2) is 4.99 Å². The van der Waals surface area contributed by atoms with Crippen molar-refractivity contribution in [2.24, 2.45) is 10.7 Å². The Morgan fingerprint density at radius 3 is 2.54 bits per heavy atom. The first-order chi connectivity index (χ1) is 11.1. The fraction of sp³-hybridized carbons (Fsp3) is 0.562. The number of hydrogen-bond donors (Lipinski definition) is 2. The van der Waals surface area contributed by atoms with Crippen molar-refractivity contribution < 1.29 is 18.9 Å². The molecule has 8 heteroatoms. The molecule has 136 valence electrons. The highest BCUT2D eigenvalue weighted by atomic mass is 127. The Labute approximate surface area is 159 Å². The number of ether oxygens (including phenoxy) is 4. The largest absolute Gasteiger partial charge is 0.493 e. The molecule has 1 fully saturated rings. The first-order valence-corrected chi connectivity index (χ1v) is 7.59. The summed E-state index contributed by atoms with van der Waals surface area (Å²) >= 11 is 0. The van der Waals surface area contributed by atoms with Crippen LogP contribution in [-0.4, -0.2) is 45.7 Å². The van der Waals surface area contributed by atoms with Crippen LogP contribution in [0.15, 0.2) is 23.2 Å². The van der Waals surface area contributed by atoms with Gasteiger partial charge in [0.05, 0.1) is 34.0 Å². The highest BCUT2D eigenvalue weighted by Gasteiger charge is 2.30. The van der Waals surface area contributed by atoms with Crippen molar-refractivity contribution in [3.05, 3.63) is 23.8 Å². The standard InChI is InChI=1S/C16H25N3O4.HI/c1-16(22-8-9-23-16)6-7-18-15(17)19-11-12-4-5-13(20-2)14(10-12)21-3;/h4-5,10H,6-9,11H2,1-3H3,(H3,17,18,19);1H. The van der Waals surface area contributed by atoms with E-state index in [1.54, 1.807) is 14.2 Å². The van der Waals surface area contributed by atoms with Crippen molar-refractivity contribution in [3.8, 4) is 11.5 Å². The molecule has 0 saturated carbocycles. The molecule has 0 aromatic heterocycles. The van der Waals surface area contributed by atoms with Crippen LogP contribution in [0.1, 0.15) is 18.9 Å². The Kier molecular flexibility index (Phi) is 8.57. The minimum Gasteiger partial charge on any atom is -0.493 e. The molecule has 0 unspecified atom stereocenters. The van der Waals surface area contributed by atoms with Crippen LogP contribution < -0.4 is 20.5 Å². The van der Waals surface area contributed by atoms with Gasteiger partial charge in [-0.15, -0.1) is 24.0 Å². The van der Waals surface area contributed by atoms with Crippen molar-refractivity contribution in [2.45, 2.75) is 25.7 Å². The lowest BCUT2D eigenvalue weighted by atomic mass is 10.2. The number of nitrogens with zero attached hydrogens (tertiary/aromatic N) is 1. The van der Waals surface area contributed by atoms with Crippen molar-refractivity contribution in [1.82, 2.24) is 5.32 Å². The average molecular weight is 451 g/mol. The molecule has 0 bridgehead atoms. The van der Waals surface area contributed by atoms with Crippen LogP contribution in [0.4, 0.5) is 0 Å². The van der Waals surface area contributed by atoms with E-state index in [0.29, 0.717) is 50.2 Å². The smallest absolute Gasteiger partial charge is 0.188 e. The summed E-state index contributed by atoms with van der Waals surface area (Å²) in [6, 6.07) is 5.67. The molecule has 1 heterocycles. The summed E-state index contributed by atoms with van der Waals surface area (Å²) in [6.07, 6.45) is 0.708. The maximum atomic E-state index is 5.88. The van der Waals surface area contributed by atoms with E-state index < -0.39 is 5.79 Å². The van der Waals surface area contributed by atoms with Crippen LogP contribution in [0.2, 0.25) is 0 Å². The second-order valence-electron chi connectivity index (χ2n) is 5.40. The molecule has 1 aromatic carbocycles. The van der Waals surface area contributed by atoms with Gasteiger partial charge >= 0.3 is 0 Å². The van der Waals surface area contributed by atoms with Crippen LogP contribution in [0.5, 0.6) is 11.5 Å². The van der Waals surface area contributed by atoms with Crippen molar-refractivity contribution in [2.75, 3.05) is 34.0 Å². The predicted molar refractivity (Wildman–Crippen MR) is 103 cm³/mol. The molecule has 0 amide bonds. The van der Waals surface area contributed by atoms with E-state index in [2.05, 4.69) is 10.3 Å². The summed E-state index contributed by atoms with van der Waals surface area (Å²) < 4.78 is 21.5. The number of hydrogen-bond acceptors (Lipinski definition) is 5. The van der Waals surface area contributed by atoms with E-state index in [4.69, 9.17) is 24.7 Å². The van der Waals surface area contributed by atoms with Gasteiger partial charge in [0.1, 0.15) is 0 Å². The van der Waals surface area contributed by atoms with E-state index in [9.17, 15) is 0 Å². The lowest BCUT2D eigenvalue weighted by molar-refractivity contribution is -0.145. The molecular weight excluding hydrogens is 425 g/mol. The zero-order valence-electron chi connectivity index (χ0n) is 14.3. The average Bonchev–Trinajstić information content (AvgIpc) is 2.99. The van der Waals surface area contributed by atoms with Gasteiger partial charge < -0.3 is 30.0 Å². The Balaban J connectivity index is 0.00000288. The van der Waals surface area contributed by atoms with Crippen molar-refractivity contribution >= 4 is 29.9 Å². The van der Waals surface area contributed by atoms with Crippen LogP contribution in [0.3, 0.4) is 0 Å². The van der Waals surface area contributed by atoms with Gasteiger partial charge in [-0.3, -0.25) is 0 Å². The van der Waals surface area contributed by atoms with Gasteiger partial charge in [-0.2, -0.15) is 0 Å². The summed E-state index contributed by atoms with van der Waals surface area (Å²) in [7, 11) is 3.21. The van der Waals surface area contributed by atoms with E-state index in [1.807, 2.05) is 25.1 Å². The Hall–Kier alpha value is -1.26. The molecule has 1 aliphatic heterocycles. The topological polar surface area (TPSA) is 87.3 Å². The molecule has 2 rings (SSSR count). The molecule has 1 aromatic rings. The third-order valence-corrected chi connectivity index (χ3v) is 3.66. The minimum atomic E-state index is -0.517. The maximum Gasteiger partial charge on any atom is 0.188 e. The number of nitrogens with two attached hydrogens (primary N) is 1. The van der Waals surface area contributed by atoms with Gasteiger partial charge in [-0.05, 0) is 24.6 Å². The molecule has 3 N–H and O–H groups in total. The fourth-order valence-corrected chi connectivity index (χ4v) is 2.33. The third kappa shape index (κ3) is 5.99. The molecule has 0 aliphatic carbocycles. The summed E-state index contributed by atoms with van der Waals surface area (Å²) in [5, 5.41) is 3.07. The fourth-order valence-electron chi connectivity index (χ4n) is 2.33. The molecule has 24 heavy (non-hydrogen) atoms. The molecule has 1 saturated heterocycles. The SMILES string of the molecule is COc1ccc(CN=C(N)NCCC2(C)OCCO2)cc1OC.I. The lowest BCUT2D eigenvalue weighted by Gasteiger charge is -2.22. The van der Waals surface area contributed by atoms with E-state index in [-0.39, 0.29) is 24.0 Å². The molecule has 1 aliphatic rings. The van der Waals surface area contributed by atoms with Gasteiger partial charge in [0.2, 0.25) is 0 Å². The number of benzene rings is 1. The Morgan fingerprint density at radius 1 is 1.25 bits per heavy atom. The highest BCUT2D eigenvalue weighted by molar-refractivity contribution is 14.0. The van der Waals surface area contributed by atoms with Crippen LogP contribution >= 0.6 is 24.0 Å². The lowest BCUT2D eigenvalue weighted by Crippen LogP contribution is -2.37. The third-order valence-electron chi connectivity index (χ3n) is 3.66. The first-order valence-electron chi connectivity index (χ1n) is 7.59. The van der Waals surface area contributed by atoms with Crippen molar-refractivity contribution in [3.63, 3.8) is 0 Å². The second kappa shape index (κ2) is 9.90. The minimum absolute atomic E-state index is 0. The summed E-state index contributed by atoms with van der Waals surface area (Å²) in [5.41, 5.74) is 6.87. The first kappa shape index (κ1) is 20.8. The summed E-state index contributed by atoms with van der Waals surface area (Å²) in [5.74, 6) is 1.24. The monoisotopic (exact) mass is 451 g/mol. The highest BCUT2D eigenvalue weighted by Crippen LogP contribution is 2.27. The van der Waals surface area contributed by atoms with Gasteiger partial charge in [0, 0.05) is 13.0 Å². The molecular formula is C16H26IN3O4. The Morgan fingerprint density at radius 2 is 1.92 bits per heavy atom.